The van der Waals surface area contributed by atoms with Crippen LogP contribution in [-0.2, 0) is 17.9 Å². The first-order valence-corrected chi connectivity index (χ1v) is 9.46. The van der Waals surface area contributed by atoms with E-state index in [0.29, 0.717) is 23.6 Å². The van der Waals surface area contributed by atoms with Crippen LogP contribution in [0, 0.1) is 5.82 Å². The number of hydrogen-bond acceptors (Lipinski definition) is 4. The van der Waals surface area contributed by atoms with Gasteiger partial charge in [0.15, 0.2) is 11.5 Å². The van der Waals surface area contributed by atoms with Gasteiger partial charge in [0.2, 0.25) is 0 Å². The van der Waals surface area contributed by atoms with Gasteiger partial charge in [0.1, 0.15) is 12.4 Å². The minimum atomic E-state index is -0.280. The Morgan fingerprint density at radius 2 is 1.96 bits per heavy atom. The van der Waals surface area contributed by atoms with Crippen molar-refractivity contribution in [2.75, 3.05) is 26.9 Å². The molecule has 6 heteroatoms. The van der Waals surface area contributed by atoms with Gasteiger partial charge in [0.25, 0.3) is 0 Å². The zero-order valence-electron chi connectivity index (χ0n) is 15.2. The van der Waals surface area contributed by atoms with Crippen molar-refractivity contribution in [1.82, 2.24) is 5.32 Å². The molecule has 2 aromatic carbocycles. The van der Waals surface area contributed by atoms with Crippen LogP contribution in [0.15, 0.2) is 40.9 Å². The number of rotatable bonds is 11. The highest BCUT2D eigenvalue weighted by Gasteiger charge is 2.15. The summed E-state index contributed by atoms with van der Waals surface area (Å²) in [6.07, 6.45) is 0.931. The molecule has 0 aromatic heterocycles. The van der Waals surface area contributed by atoms with Crippen LogP contribution in [-0.4, -0.2) is 26.9 Å². The topological polar surface area (TPSA) is 39.7 Å². The van der Waals surface area contributed by atoms with Crippen molar-refractivity contribution in [3.05, 3.63) is 57.8 Å². The van der Waals surface area contributed by atoms with Crippen LogP contribution in [0.25, 0.3) is 0 Å². The maximum absolute atomic E-state index is 13.9. The number of nitrogens with one attached hydrogen (secondary N) is 1. The molecule has 26 heavy (non-hydrogen) atoms. The van der Waals surface area contributed by atoms with Gasteiger partial charge in [0, 0.05) is 35.4 Å². The Morgan fingerprint density at radius 3 is 2.69 bits per heavy atom. The highest BCUT2D eigenvalue weighted by Crippen LogP contribution is 2.36. The molecule has 1 N–H and O–H groups in total. The van der Waals surface area contributed by atoms with Gasteiger partial charge in [-0.25, -0.2) is 4.39 Å². The summed E-state index contributed by atoms with van der Waals surface area (Å²) < 4.78 is 31.5. The van der Waals surface area contributed by atoms with E-state index in [4.69, 9.17) is 14.2 Å². The summed E-state index contributed by atoms with van der Waals surface area (Å²) in [5.74, 6) is 0.954. The Balaban J connectivity index is 2.07. The Kier molecular flexibility index (Phi) is 8.88. The maximum Gasteiger partial charge on any atom is 0.167 e. The van der Waals surface area contributed by atoms with Crippen LogP contribution >= 0.6 is 15.9 Å². The number of benzene rings is 2. The summed E-state index contributed by atoms with van der Waals surface area (Å²) in [5.41, 5.74) is 1.45. The van der Waals surface area contributed by atoms with E-state index in [9.17, 15) is 4.39 Å². The Labute approximate surface area is 162 Å². The standard InChI is InChI=1S/C20H25BrFNO3/c1-3-25-12-6-11-23-13-16-17(21)9-10-19(24-2)20(16)26-14-15-7-4-5-8-18(15)22/h4-5,7-10,23H,3,6,11-14H2,1-2H3. The summed E-state index contributed by atoms with van der Waals surface area (Å²) in [7, 11) is 1.60. The highest BCUT2D eigenvalue weighted by atomic mass is 79.9. The first kappa shape index (κ1) is 20.7. The van der Waals surface area contributed by atoms with E-state index in [2.05, 4.69) is 21.2 Å². The molecule has 142 valence electrons. The van der Waals surface area contributed by atoms with Crippen LogP contribution in [0.1, 0.15) is 24.5 Å². The number of ether oxygens (including phenoxy) is 3. The Hall–Kier alpha value is -1.63. The zero-order valence-corrected chi connectivity index (χ0v) is 16.8. The maximum atomic E-state index is 13.9. The van der Waals surface area contributed by atoms with Crippen molar-refractivity contribution in [1.29, 1.82) is 0 Å². The molecule has 2 rings (SSSR count). The second-order valence-electron chi connectivity index (χ2n) is 5.66. The molecule has 4 nitrogen and oxygen atoms in total. The third kappa shape index (κ3) is 5.97. The molecule has 0 spiro atoms. The van der Waals surface area contributed by atoms with E-state index in [1.807, 2.05) is 19.1 Å². The van der Waals surface area contributed by atoms with E-state index in [1.54, 1.807) is 25.3 Å². The number of methoxy groups -OCH3 is 1. The van der Waals surface area contributed by atoms with Crippen LogP contribution in [0.4, 0.5) is 4.39 Å². The average Bonchev–Trinajstić information content (AvgIpc) is 2.65. The van der Waals surface area contributed by atoms with Crippen LogP contribution < -0.4 is 14.8 Å². The van der Waals surface area contributed by atoms with Crippen molar-refractivity contribution in [2.24, 2.45) is 0 Å². The second-order valence-corrected chi connectivity index (χ2v) is 6.52. The van der Waals surface area contributed by atoms with Crippen molar-refractivity contribution in [2.45, 2.75) is 26.5 Å². The van der Waals surface area contributed by atoms with E-state index in [-0.39, 0.29) is 12.4 Å². The van der Waals surface area contributed by atoms with Gasteiger partial charge >= 0.3 is 0 Å². The lowest BCUT2D eigenvalue weighted by Crippen LogP contribution is -2.17. The van der Waals surface area contributed by atoms with E-state index in [1.165, 1.54) is 6.07 Å². The Morgan fingerprint density at radius 1 is 1.15 bits per heavy atom. The van der Waals surface area contributed by atoms with Gasteiger partial charge in [0.05, 0.1) is 7.11 Å². The molecule has 0 amide bonds. The minimum Gasteiger partial charge on any atom is -0.493 e. The van der Waals surface area contributed by atoms with Crippen LogP contribution in [0.3, 0.4) is 0 Å². The molecule has 0 aliphatic rings. The third-order valence-corrected chi connectivity index (χ3v) is 4.61. The van der Waals surface area contributed by atoms with Crippen molar-refractivity contribution < 1.29 is 18.6 Å². The predicted octanol–water partition coefficient (Wildman–Crippen LogP) is 4.69. The molecule has 0 aliphatic heterocycles. The third-order valence-electron chi connectivity index (χ3n) is 3.87. The fourth-order valence-electron chi connectivity index (χ4n) is 2.49. The molecule has 0 fully saturated rings. The molecular formula is C20H25BrFNO3. The largest absolute Gasteiger partial charge is 0.493 e. The number of halogens is 2. The SMILES string of the molecule is CCOCCCNCc1c(Br)ccc(OC)c1OCc1ccccc1F. The molecule has 0 atom stereocenters. The summed E-state index contributed by atoms with van der Waals surface area (Å²) in [5, 5.41) is 3.38. The molecule has 0 unspecified atom stereocenters. The van der Waals surface area contributed by atoms with E-state index in [0.717, 1.165) is 36.2 Å². The molecule has 0 radical (unpaired) electrons. The molecule has 2 aromatic rings. The lowest BCUT2D eigenvalue weighted by atomic mass is 10.1. The van der Waals surface area contributed by atoms with E-state index < -0.39 is 0 Å². The first-order valence-electron chi connectivity index (χ1n) is 8.67. The van der Waals surface area contributed by atoms with Crippen molar-refractivity contribution in [3.63, 3.8) is 0 Å². The van der Waals surface area contributed by atoms with Crippen LogP contribution in [0.2, 0.25) is 0 Å². The highest BCUT2D eigenvalue weighted by molar-refractivity contribution is 9.10. The van der Waals surface area contributed by atoms with Gasteiger partial charge in [-0.2, -0.15) is 0 Å². The molecule has 0 saturated heterocycles. The van der Waals surface area contributed by atoms with Crippen molar-refractivity contribution >= 4 is 15.9 Å². The molecule has 0 bridgehead atoms. The summed E-state index contributed by atoms with van der Waals surface area (Å²) in [6.45, 7) is 5.03. The Bertz CT molecular complexity index is 697. The van der Waals surface area contributed by atoms with Crippen LogP contribution in [0.5, 0.6) is 11.5 Å². The minimum absolute atomic E-state index is 0.136. The second kappa shape index (κ2) is 11.2. The molecule has 0 aliphatic carbocycles. The van der Waals surface area contributed by atoms with E-state index >= 15 is 0 Å². The number of hydrogen-bond donors (Lipinski definition) is 1. The summed E-state index contributed by atoms with van der Waals surface area (Å²) >= 11 is 3.57. The fraction of sp³-hybridized carbons (Fsp3) is 0.400. The molecule has 0 saturated carbocycles. The van der Waals surface area contributed by atoms with Gasteiger partial charge in [-0.3, -0.25) is 0 Å². The lowest BCUT2D eigenvalue weighted by molar-refractivity contribution is 0.144. The first-order chi connectivity index (χ1) is 12.7. The lowest BCUT2D eigenvalue weighted by Gasteiger charge is -2.17. The fourth-order valence-corrected chi connectivity index (χ4v) is 2.94. The van der Waals surface area contributed by atoms with Gasteiger partial charge in [-0.05, 0) is 38.1 Å². The normalized spacial score (nSPS) is 10.8. The average molecular weight is 426 g/mol. The predicted molar refractivity (Wildman–Crippen MR) is 104 cm³/mol. The monoisotopic (exact) mass is 425 g/mol. The molecular weight excluding hydrogens is 401 g/mol. The van der Waals surface area contributed by atoms with Gasteiger partial charge in [-0.1, -0.05) is 34.1 Å². The molecule has 0 heterocycles. The quantitative estimate of drug-likeness (QED) is 0.530. The summed E-state index contributed by atoms with van der Waals surface area (Å²) in [6, 6.07) is 10.4. The van der Waals surface area contributed by atoms with Gasteiger partial charge in [-0.15, -0.1) is 0 Å². The zero-order chi connectivity index (χ0) is 18.8. The summed E-state index contributed by atoms with van der Waals surface area (Å²) in [4.78, 5) is 0. The van der Waals surface area contributed by atoms with Crippen molar-refractivity contribution in [3.8, 4) is 11.5 Å². The smallest absolute Gasteiger partial charge is 0.167 e. The van der Waals surface area contributed by atoms with Gasteiger partial charge < -0.3 is 19.5 Å².